The van der Waals surface area contributed by atoms with Crippen LogP contribution in [0.1, 0.15) is 51.0 Å². The summed E-state index contributed by atoms with van der Waals surface area (Å²) in [6.45, 7) is 3.12. The predicted octanol–water partition coefficient (Wildman–Crippen LogP) is 4.01. The van der Waals surface area contributed by atoms with E-state index in [1.165, 1.54) is 0 Å². The quantitative estimate of drug-likeness (QED) is 0.772. The monoisotopic (exact) mass is 312 g/mol. The molecule has 1 fully saturated rings. The highest BCUT2D eigenvalue weighted by Crippen LogP contribution is 2.47. The number of benzene rings is 1. The third-order valence-electron chi connectivity index (χ3n) is 5.27. The molecule has 0 amide bonds. The highest BCUT2D eigenvalue weighted by atomic mass is 16.5. The Hall–Kier alpha value is -1.74. The van der Waals surface area contributed by atoms with Crippen molar-refractivity contribution in [2.24, 2.45) is 5.41 Å². The van der Waals surface area contributed by atoms with E-state index in [-0.39, 0.29) is 11.2 Å². The van der Waals surface area contributed by atoms with E-state index in [1.807, 2.05) is 37.3 Å². The summed E-state index contributed by atoms with van der Waals surface area (Å²) in [6.07, 6.45) is 4.25. The molecule has 0 aromatic heterocycles. The van der Waals surface area contributed by atoms with Crippen LogP contribution in [-0.2, 0) is 20.9 Å². The largest absolute Gasteiger partial charge is 0.376 e. The molecule has 23 heavy (non-hydrogen) atoms. The smallest absolute Gasteiger partial charge is 0.158 e. The van der Waals surface area contributed by atoms with Crippen molar-refractivity contribution < 1.29 is 14.3 Å². The number of Topliss-reactive ketones (excluding diaryl/α,β-unsaturated/α-hetero) is 2. The summed E-state index contributed by atoms with van der Waals surface area (Å²) in [6, 6.07) is 10.0. The second-order valence-corrected chi connectivity index (χ2v) is 6.78. The second-order valence-electron chi connectivity index (χ2n) is 6.78. The summed E-state index contributed by atoms with van der Waals surface area (Å²) in [5.74, 6) is 0.532. The summed E-state index contributed by atoms with van der Waals surface area (Å²) < 4.78 is 5.74. The van der Waals surface area contributed by atoms with Crippen molar-refractivity contribution in [1.29, 1.82) is 0 Å². The molecule has 2 aliphatic carbocycles. The molecule has 0 saturated heterocycles. The van der Waals surface area contributed by atoms with E-state index in [0.29, 0.717) is 44.7 Å². The van der Waals surface area contributed by atoms with Gasteiger partial charge in [0.15, 0.2) is 5.78 Å². The molecule has 0 aliphatic heterocycles. The maximum atomic E-state index is 12.3. The first kappa shape index (κ1) is 16.1. The SMILES string of the molecule is C[C@@]12CCC(=O)C(CCOCc3ccccc3)=C1CCCC2=O. The van der Waals surface area contributed by atoms with Gasteiger partial charge in [-0.05, 0) is 43.7 Å². The first-order valence-corrected chi connectivity index (χ1v) is 8.52. The van der Waals surface area contributed by atoms with E-state index in [1.54, 1.807) is 0 Å². The van der Waals surface area contributed by atoms with E-state index in [2.05, 4.69) is 0 Å². The van der Waals surface area contributed by atoms with E-state index < -0.39 is 0 Å². The molecular formula is C20H24O3. The molecule has 2 aliphatic rings. The first-order valence-electron chi connectivity index (χ1n) is 8.52. The van der Waals surface area contributed by atoms with E-state index in [0.717, 1.165) is 29.6 Å². The third-order valence-corrected chi connectivity index (χ3v) is 5.27. The molecule has 0 N–H and O–H groups in total. The van der Waals surface area contributed by atoms with Gasteiger partial charge < -0.3 is 4.74 Å². The van der Waals surface area contributed by atoms with Gasteiger partial charge in [0.2, 0.25) is 0 Å². The van der Waals surface area contributed by atoms with Crippen LogP contribution in [-0.4, -0.2) is 18.2 Å². The molecule has 0 spiro atoms. The minimum Gasteiger partial charge on any atom is -0.376 e. The number of hydrogen-bond acceptors (Lipinski definition) is 3. The van der Waals surface area contributed by atoms with Crippen molar-refractivity contribution in [3.63, 3.8) is 0 Å². The van der Waals surface area contributed by atoms with Gasteiger partial charge in [-0.2, -0.15) is 0 Å². The van der Waals surface area contributed by atoms with Gasteiger partial charge in [0.05, 0.1) is 13.2 Å². The average molecular weight is 312 g/mol. The number of fused-ring (bicyclic) bond motifs is 1. The number of allylic oxidation sites excluding steroid dienone is 1. The second kappa shape index (κ2) is 6.79. The maximum Gasteiger partial charge on any atom is 0.158 e. The highest BCUT2D eigenvalue weighted by molar-refractivity contribution is 6.01. The van der Waals surface area contributed by atoms with Crippen molar-refractivity contribution >= 4 is 11.6 Å². The zero-order valence-corrected chi connectivity index (χ0v) is 13.8. The Bertz CT molecular complexity index is 630. The topological polar surface area (TPSA) is 43.4 Å². The minimum atomic E-state index is -0.388. The predicted molar refractivity (Wildman–Crippen MR) is 88.9 cm³/mol. The van der Waals surface area contributed by atoms with Gasteiger partial charge in [0.25, 0.3) is 0 Å². The molecule has 0 bridgehead atoms. The highest BCUT2D eigenvalue weighted by Gasteiger charge is 2.44. The van der Waals surface area contributed by atoms with Crippen LogP contribution in [0.4, 0.5) is 0 Å². The summed E-state index contributed by atoms with van der Waals surface area (Å²) in [5, 5.41) is 0. The molecule has 1 atom stereocenters. The van der Waals surface area contributed by atoms with E-state index in [9.17, 15) is 9.59 Å². The Labute approximate surface area is 137 Å². The van der Waals surface area contributed by atoms with Crippen LogP contribution in [0.25, 0.3) is 0 Å². The van der Waals surface area contributed by atoms with Gasteiger partial charge in [-0.25, -0.2) is 0 Å². The van der Waals surface area contributed by atoms with Crippen molar-refractivity contribution in [3.8, 4) is 0 Å². The summed E-state index contributed by atoms with van der Waals surface area (Å²) in [5.41, 5.74) is 2.73. The Balaban J connectivity index is 1.66. The van der Waals surface area contributed by atoms with Crippen LogP contribution in [0.2, 0.25) is 0 Å². The fraction of sp³-hybridized carbons (Fsp3) is 0.500. The molecule has 1 aromatic rings. The van der Waals surface area contributed by atoms with Crippen molar-refractivity contribution in [2.45, 2.75) is 52.1 Å². The van der Waals surface area contributed by atoms with Crippen molar-refractivity contribution in [2.75, 3.05) is 6.61 Å². The van der Waals surface area contributed by atoms with Crippen LogP contribution in [0.15, 0.2) is 41.5 Å². The standard InChI is InChI=1S/C20H24O3/c1-20-12-10-18(21)16(17(20)8-5-9-19(20)22)11-13-23-14-15-6-3-2-4-7-15/h2-4,6-7H,5,8-14H2,1H3/t20-/m1/s1. The minimum absolute atomic E-state index is 0.218. The molecule has 3 rings (SSSR count). The summed E-state index contributed by atoms with van der Waals surface area (Å²) in [4.78, 5) is 24.7. The van der Waals surface area contributed by atoms with Crippen LogP contribution < -0.4 is 0 Å². The number of ether oxygens (including phenoxy) is 1. The van der Waals surface area contributed by atoms with Gasteiger partial charge in [-0.3, -0.25) is 9.59 Å². The van der Waals surface area contributed by atoms with Gasteiger partial charge in [-0.1, -0.05) is 35.9 Å². The average Bonchev–Trinajstić information content (AvgIpc) is 2.56. The van der Waals surface area contributed by atoms with E-state index in [4.69, 9.17) is 4.74 Å². The Morgan fingerprint density at radius 1 is 1.09 bits per heavy atom. The lowest BCUT2D eigenvalue weighted by Gasteiger charge is -2.39. The number of ketones is 2. The molecular weight excluding hydrogens is 288 g/mol. The van der Waals surface area contributed by atoms with Gasteiger partial charge in [0, 0.05) is 18.3 Å². The summed E-state index contributed by atoms with van der Waals surface area (Å²) >= 11 is 0. The van der Waals surface area contributed by atoms with Gasteiger partial charge >= 0.3 is 0 Å². The Morgan fingerprint density at radius 3 is 2.65 bits per heavy atom. The number of rotatable bonds is 5. The van der Waals surface area contributed by atoms with Crippen LogP contribution >= 0.6 is 0 Å². The van der Waals surface area contributed by atoms with Crippen LogP contribution in [0.5, 0.6) is 0 Å². The molecule has 3 nitrogen and oxygen atoms in total. The van der Waals surface area contributed by atoms with Gasteiger partial charge in [0.1, 0.15) is 5.78 Å². The lowest BCUT2D eigenvalue weighted by atomic mass is 9.62. The van der Waals surface area contributed by atoms with Crippen molar-refractivity contribution in [3.05, 3.63) is 47.0 Å². The summed E-state index contributed by atoms with van der Waals surface area (Å²) in [7, 11) is 0. The van der Waals surface area contributed by atoms with E-state index >= 15 is 0 Å². The number of carbonyl (C=O) groups is 2. The molecule has 0 unspecified atom stereocenters. The molecule has 1 aromatic carbocycles. The Kier molecular flexibility index (Phi) is 4.76. The number of hydrogen-bond donors (Lipinski definition) is 0. The zero-order chi connectivity index (χ0) is 16.3. The molecule has 1 saturated carbocycles. The van der Waals surface area contributed by atoms with Crippen molar-refractivity contribution in [1.82, 2.24) is 0 Å². The Morgan fingerprint density at radius 2 is 1.87 bits per heavy atom. The molecule has 122 valence electrons. The van der Waals surface area contributed by atoms with Crippen LogP contribution in [0.3, 0.4) is 0 Å². The lowest BCUT2D eigenvalue weighted by molar-refractivity contribution is -0.129. The fourth-order valence-corrected chi connectivity index (χ4v) is 3.83. The first-order chi connectivity index (χ1) is 11.1. The van der Waals surface area contributed by atoms with Gasteiger partial charge in [-0.15, -0.1) is 0 Å². The zero-order valence-electron chi connectivity index (χ0n) is 13.8. The molecule has 0 heterocycles. The van der Waals surface area contributed by atoms with Crippen LogP contribution in [0, 0.1) is 5.41 Å². The third kappa shape index (κ3) is 3.30. The molecule has 0 radical (unpaired) electrons. The maximum absolute atomic E-state index is 12.3. The normalized spacial score (nSPS) is 24.7. The lowest BCUT2D eigenvalue weighted by Crippen LogP contribution is -2.38. The fourth-order valence-electron chi connectivity index (χ4n) is 3.83. The molecule has 3 heteroatoms. The number of carbonyl (C=O) groups excluding carboxylic acids is 2.